The van der Waals surface area contributed by atoms with Crippen LogP contribution >= 0.6 is 0 Å². The molecule has 3 aliphatic heterocycles. The highest BCUT2D eigenvalue weighted by molar-refractivity contribution is 5.87. The van der Waals surface area contributed by atoms with Crippen molar-refractivity contribution in [3.8, 4) is 0 Å². The Balaban J connectivity index is 1.30. The van der Waals surface area contributed by atoms with Crippen LogP contribution in [0.2, 0.25) is 0 Å². The molecule has 0 radical (unpaired) electrons. The molecule has 5 fully saturated rings. The Morgan fingerprint density at radius 2 is 1.32 bits per heavy atom. The average molecular weight is 764 g/mol. The van der Waals surface area contributed by atoms with E-state index in [1.54, 1.807) is 20.8 Å². The van der Waals surface area contributed by atoms with E-state index in [2.05, 4.69) is 10.6 Å². The molecule has 5 aliphatic rings. The Kier molecular flexibility index (Phi) is 14.0. The summed E-state index contributed by atoms with van der Waals surface area (Å²) in [5.41, 5.74) is 28.3. The van der Waals surface area contributed by atoms with Gasteiger partial charge in [0, 0.05) is 38.0 Å². The van der Waals surface area contributed by atoms with Gasteiger partial charge in [-0.2, -0.15) is 0 Å². The minimum Gasteiger partial charge on any atom is -0.444 e. The summed E-state index contributed by atoms with van der Waals surface area (Å²) in [6.45, 7) is 5.05. The molecular formula is C33H61N7O13. The van der Waals surface area contributed by atoms with E-state index in [9.17, 15) is 30.0 Å². The fourth-order valence-electron chi connectivity index (χ4n) is 7.49. The standard InChI is InChI=1S/C33H61N7O13/c1-32(2,3)53-31(45)39-14-9-33(46,10-14)30(44)40-20-8-19(38)24(50-27-17(36)6-4-15(11-34)47-27)26(22(20)42)52-29-23(43)25(21(13-41)49-29)51-28-18(37)7-5-16(12-35)48-28/h14-29,41-43,46H,4-13,34-38H2,1-3H3,(H,39,45)(H,40,44). The molecular weight excluding hydrogens is 702 g/mol. The zero-order valence-corrected chi connectivity index (χ0v) is 30.7. The first-order valence-electron chi connectivity index (χ1n) is 18.5. The highest BCUT2D eigenvalue weighted by Crippen LogP contribution is 2.36. The maximum absolute atomic E-state index is 13.4. The van der Waals surface area contributed by atoms with Crippen LogP contribution in [0.5, 0.6) is 0 Å². The van der Waals surface area contributed by atoms with Crippen molar-refractivity contribution >= 4 is 12.0 Å². The summed E-state index contributed by atoms with van der Waals surface area (Å²) in [7, 11) is 0. The van der Waals surface area contributed by atoms with Gasteiger partial charge < -0.3 is 92.9 Å². The fraction of sp³-hybridized carbons (Fsp3) is 0.939. The van der Waals surface area contributed by atoms with Crippen molar-refractivity contribution in [3.05, 3.63) is 0 Å². The van der Waals surface area contributed by atoms with E-state index in [0.717, 1.165) is 0 Å². The number of amides is 2. The highest BCUT2D eigenvalue weighted by atomic mass is 16.8. The molecule has 16 N–H and O–H groups in total. The number of rotatable bonds is 12. The summed E-state index contributed by atoms with van der Waals surface area (Å²) in [5, 5.41) is 49.8. The van der Waals surface area contributed by atoms with Crippen LogP contribution in [-0.4, -0.2) is 161 Å². The Hall–Kier alpha value is -1.86. The van der Waals surface area contributed by atoms with Crippen LogP contribution in [0, 0.1) is 0 Å². The predicted molar refractivity (Wildman–Crippen MR) is 184 cm³/mol. The van der Waals surface area contributed by atoms with Crippen molar-refractivity contribution in [2.24, 2.45) is 28.7 Å². The van der Waals surface area contributed by atoms with Gasteiger partial charge in [-0.1, -0.05) is 0 Å². The number of hydrogen-bond donors (Lipinski definition) is 11. The maximum Gasteiger partial charge on any atom is 0.407 e. The lowest BCUT2D eigenvalue weighted by molar-refractivity contribution is -0.288. The van der Waals surface area contributed by atoms with Crippen molar-refractivity contribution in [1.29, 1.82) is 0 Å². The van der Waals surface area contributed by atoms with E-state index in [4.69, 9.17) is 61.8 Å². The van der Waals surface area contributed by atoms with Crippen LogP contribution in [0.25, 0.3) is 0 Å². The predicted octanol–water partition coefficient (Wildman–Crippen LogP) is -4.20. The van der Waals surface area contributed by atoms with Gasteiger partial charge in [0.1, 0.15) is 47.8 Å². The van der Waals surface area contributed by atoms with Crippen LogP contribution in [0.3, 0.4) is 0 Å². The third kappa shape index (κ3) is 10.1. The number of carbonyl (C=O) groups is 2. The molecule has 0 aromatic carbocycles. The molecule has 0 spiro atoms. The number of nitrogens with two attached hydrogens (primary N) is 5. The molecule has 53 heavy (non-hydrogen) atoms. The van der Waals surface area contributed by atoms with Crippen LogP contribution in [0.4, 0.5) is 4.79 Å². The Morgan fingerprint density at radius 1 is 0.774 bits per heavy atom. The molecule has 2 aliphatic carbocycles. The van der Waals surface area contributed by atoms with Gasteiger partial charge in [-0.25, -0.2) is 4.79 Å². The van der Waals surface area contributed by atoms with Gasteiger partial charge in [-0.3, -0.25) is 4.79 Å². The molecule has 5 rings (SSSR count). The zero-order chi connectivity index (χ0) is 38.8. The van der Waals surface area contributed by atoms with Gasteiger partial charge in [0.15, 0.2) is 18.9 Å². The van der Waals surface area contributed by atoms with Gasteiger partial charge in [-0.15, -0.1) is 0 Å². The molecule has 306 valence electrons. The van der Waals surface area contributed by atoms with E-state index in [1.165, 1.54) is 0 Å². The van der Waals surface area contributed by atoms with Crippen molar-refractivity contribution in [1.82, 2.24) is 10.6 Å². The van der Waals surface area contributed by atoms with Crippen LogP contribution in [0.1, 0.15) is 65.7 Å². The molecule has 2 saturated carbocycles. The van der Waals surface area contributed by atoms with E-state index >= 15 is 0 Å². The number of aliphatic hydroxyl groups is 4. The number of hydrogen-bond acceptors (Lipinski definition) is 18. The molecule has 0 aromatic heterocycles. The Bertz CT molecular complexity index is 1230. The first-order chi connectivity index (χ1) is 24.9. The fourth-order valence-corrected chi connectivity index (χ4v) is 7.49. The van der Waals surface area contributed by atoms with E-state index in [0.29, 0.717) is 25.7 Å². The lowest BCUT2D eigenvalue weighted by Gasteiger charge is -2.48. The van der Waals surface area contributed by atoms with Crippen LogP contribution < -0.4 is 39.3 Å². The number of nitrogens with one attached hydrogen (secondary N) is 2. The highest BCUT2D eigenvalue weighted by Gasteiger charge is 2.55. The van der Waals surface area contributed by atoms with E-state index in [-0.39, 0.29) is 44.6 Å². The first-order valence-corrected chi connectivity index (χ1v) is 18.5. The van der Waals surface area contributed by atoms with Crippen molar-refractivity contribution < 1.29 is 63.2 Å². The van der Waals surface area contributed by atoms with Crippen molar-refractivity contribution in [3.63, 3.8) is 0 Å². The van der Waals surface area contributed by atoms with Crippen LogP contribution in [-0.2, 0) is 38.0 Å². The summed E-state index contributed by atoms with van der Waals surface area (Å²) in [4.78, 5) is 25.6. The van der Waals surface area contributed by atoms with E-state index in [1.807, 2.05) is 0 Å². The second kappa shape index (κ2) is 17.5. The first kappa shape index (κ1) is 42.3. The van der Waals surface area contributed by atoms with Crippen molar-refractivity contribution in [2.45, 2.75) is 175 Å². The lowest BCUT2D eigenvalue weighted by Crippen LogP contribution is -2.69. The quantitative estimate of drug-likeness (QED) is 0.0897. The molecule has 0 aromatic rings. The summed E-state index contributed by atoms with van der Waals surface area (Å²) < 4.78 is 41.6. The molecule has 3 heterocycles. The number of alkyl carbamates (subject to hydrolysis) is 1. The minimum absolute atomic E-state index is 0.0202. The van der Waals surface area contributed by atoms with E-state index < -0.39 is 116 Å². The smallest absolute Gasteiger partial charge is 0.407 e. The number of carbonyl (C=O) groups excluding carboxylic acids is 2. The molecule has 15 atom stereocenters. The summed E-state index contributed by atoms with van der Waals surface area (Å²) in [5.74, 6) is -0.789. The second-order valence-corrected chi connectivity index (χ2v) is 16.0. The van der Waals surface area contributed by atoms with Gasteiger partial charge >= 0.3 is 6.09 Å². The average Bonchev–Trinajstić information content (AvgIpc) is 3.38. The third-order valence-electron chi connectivity index (χ3n) is 10.5. The van der Waals surface area contributed by atoms with Crippen molar-refractivity contribution in [2.75, 3.05) is 19.7 Å². The molecule has 15 unspecified atom stereocenters. The second-order valence-electron chi connectivity index (χ2n) is 16.0. The summed E-state index contributed by atoms with van der Waals surface area (Å²) >= 11 is 0. The summed E-state index contributed by atoms with van der Waals surface area (Å²) in [6.07, 6.45) is -10.3. The number of aliphatic hydroxyl groups excluding tert-OH is 3. The summed E-state index contributed by atoms with van der Waals surface area (Å²) in [6, 6.07) is -3.58. The SMILES string of the molecule is CC(C)(C)OC(=O)NC1CC(O)(C(=O)NC2CC(N)C(OC3OC(CN)CCC3N)C(OC3OC(CO)C(OC4OC(CN)CCC4N)C3O)C2O)C1. The normalized spacial score (nSPS) is 44.9. The topological polar surface area (TPSA) is 334 Å². The number of ether oxygens (including phenoxy) is 7. The largest absolute Gasteiger partial charge is 0.444 e. The lowest BCUT2D eigenvalue weighted by atomic mass is 9.74. The molecule has 3 saturated heterocycles. The van der Waals surface area contributed by atoms with Gasteiger partial charge in [0.05, 0.1) is 36.9 Å². The maximum atomic E-state index is 13.4. The van der Waals surface area contributed by atoms with Gasteiger partial charge in [0.2, 0.25) is 0 Å². The minimum atomic E-state index is -1.85. The Labute approximate surface area is 308 Å². The molecule has 2 amide bonds. The van der Waals surface area contributed by atoms with Crippen LogP contribution in [0.15, 0.2) is 0 Å². The zero-order valence-electron chi connectivity index (χ0n) is 30.7. The monoisotopic (exact) mass is 763 g/mol. The van der Waals surface area contributed by atoms with Gasteiger partial charge in [0.25, 0.3) is 5.91 Å². The Morgan fingerprint density at radius 3 is 1.85 bits per heavy atom. The van der Waals surface area contributed by atoms with Gasteiger partial charge in [-0.05, 0) is 52.9 Å². The third-order valence-corrected chi connectivity index (χ3v) is 10.5. The molecule has 0 bridgehead atoms. The molecule has 20 nitrogen and oxygen atoms in total. The molecule has 20 heteroatoms.